The summed E-state index contributed by atoms with van der Waals surface area (Å²) in [6, 6.07) is 6.40. The molecule has 0 aliphatic heterocycles. The fraction of sp³-hybridized carbons (Fsp3) is 0.278. The highest BCUT2D eigenvalue weighted by molar-refractivity contribution is 5.95. The van der Waals surface area contributed by atoms with Crippen molar-refractivity contribution in [3.8, 4) is 0 Å². The van der Waals surface area contributed by atoms with Crippen LogP contribution in [-0.2, 0) is 17.1 Å². The van der Waals surface area contributed by atoms with E-state index in [1.165, 1.54) is 0 Å². The van der Waals surface area contributed by atoms with E-state index in [9.17, 15) is 31.1 Å². The first-order valence-electron chi connectivity index (χ1n) is 7.77. The molecule has 0 radical (unpaired) electrons. The molecular formula is C18H16F6N2O. The molecule has 2 rings (SSSR count). The summed E-state index contributed by atoms with van der Waals surface area (Å²) in [6.45, 7) is 3.03. The van der Waals surface area contributed by atoms with Crippen molar-refractivity contribution in [1.82, 2.24) is 0 Å². The Morgan fingerprint density at radius 3 is 1.81 bits per heavy atom. The maximum absolute atomic E-state index is 12.8. The Labute approximate surface area is 151 Å². The van der Waals surface area contributed by atoms with Crippen molar-refractivity contribution in [1.29, 1.82) is 0 Å². The fourth-order valence-corrected chi connectivity index (χ4v) is 2.43. The molecule has 0 saturated heterocycles. The molecule has 2 aromatic carbocycles. The molecule has 0 bridgehead atoms. The third kappa shape index (κ3) is 5.38. The minimum absolute atomic E-state index is 0.0297. The lowest BCUT2D eigenvalue weighted by Gasteiger charge is -2.16. The average molecular weight is 390 g/mol. The summed E-state index contributed by atoms with van der Waals surface area (Å²) in [5, 5.41) is 4.91. The van der Waals surface area contributed by atoms with Gasteiger partial charge in [-0.25, -0.2) is 0 Å². The number of halogens is 6. The molecule has 0 aromatic heterocycles. The number of benzene rings is 2. The van der Waals surface area contributed by atoms with Crippen LogP contribution in [0.5, 0.6) is 0 Å². The zero-order valence-electron chi connectivity index (χ0n) is 14.3. The largest absolute Gasteiger partial charge is 0.416 e. The molecule has 0 fully saturated rings. The van der Waals surface area contributed by atoms with E-state index in [1.54, 1.807) is 32.0 Å². The lowest BCUT2D eigenvalue weighted by molar-refractivity contribution is -0.143. The number of carbonyl (C=O) groups is 1. The number of anilines is 2. The van der Waals surface area contributed by atoms with Crippen molar-refractivity contribution in [3.63, 3.8) is 0 Å². The number of amides is 1. The highest BCUT2D eigenvalue weighted by atomic mass is 19.4. The Morgan fingerprint density at radius 1 is 0.889 bits per heavy atom. The van der Waals surface area contributed by atoms with E-state index < -0.39 is 41.6 Å². The number of carbonyl (C=O) groups excluding carboxylic acids is 1. The average Bonchev–Trinajstić information content (AvgIpc) is 2.54. The van der Waals surface area contributed by atoms with Crippen LogP contribution in [0.1, 0.15) is 22.3 Å². The topological polar surface area (TPSA) is 41.1 Å². The standard InChI is InChI=1S/C18H16F6N2O/c1-10-4-3-5-11(2)16(10)26-15(27)9-25-14-7-12(17(19,20)21)6-13(8-14)18(22,23)24/h3-8,25H,9H2,1-2H3,(H,26,27). The molecular weight excluding hydrogens is 374 g/mol. The summed E-state index contributed by atoms with van der Waals surface area (Å²) in [5.74, 6) is -0.599. The third-order valence-electron chi connectivity index (χ3n) is 3.79. The Morgan fingerprint density at radius 2 is 1.37 bits per heavy atom. The maximum atomic E-state index is 12.8. The van der Waals surface area contributed by atoms with Gasteiger partial charge >= 0.3 is 12.4 Å². The van der Waals surface area contributed by atoms with Gasteiger partial charge in [0.15, 0.2) is 0 Å². The molecule has 0 saturated carbocycles. The summed E-state index contributed by atoms with van der Waals surface area (Å²) in [5.41, 5.74) is -1.24. The second kappa shape index (κ2) is 7.50. The van der Waals surface area contributed by atoms with Gasteiger partial charge in [-0.3, -0.25) is 4.79 Å². The van der Waals surface area contributed by atoms with E-state index in [2.05, 4.69) is 10.6 Å². The smallest absolute Gasteiger partial charge is 0.376 e. The van der Waals surface area contributed by atoms with Gasteiger partial charge in [-0.1, -0.05) is 18.2 Å². The Bertz CT molecular complexity index is 790. The lowest BCUT2D eigenvalue weighted by atomic mass is 10.1. The molecule has 2 aromatic rings. The second-order valence-electron chi connectivity index (χ2n) is 5.96. The van der Waals surface area contributed by atoms with Gasteiger partial charge in [-0.2, -0.15) is 26.3 Å². The summed E-state index contributed by atoms with van der Waals surface area (Å²) in [7, 11) is 0. The third-order valence-corrected chi connectivity index (χ3v) is 3.79. The fourth-order valence-electron chi connectivity index (χ4n) is 2.43. The van der Waals surface area contributed by atoms with Crippen molar-refractivity contribution in [3.05, 3.63) is 58.7 Å². The van der Waals surface area contributed by atoms with Crippen molar-refractivity contribution < 1.29 is 31.1 Å². The van der Waals surface area contributed by atoms with E-state index in [4.69, 9.17) is 0 Å². The van der Waals surface area contributed by atoms with Crippen LogP contribution in [0.15, 0.2) is 36.4 Å². The van der Waals surface area contributed by atoms with Crippen LogP contribution in [0.25, 0.3) is 0 Å². The van der Waals surface area contributed by atoms with Crippen LogP contribution in [0, 0.1) is 13.8 Å². The van der Waals surface area contributed by atoms with Crippen molar-refractivity contribution >= 4 is 17.3 Å². The molecule has 0 unspecified atom stereocenters. The lowest BCUT2D eigenvalue weighted by Crippen LogP contribution is -2.23. The molecule has 0 aliphatic rings. The Balaban J connectivity index is 2.18. The number of alkyl halides is 6. The van der Waals surface area contributed by atoms with Crippen molar-refractivity contribution in [2.75, 3.05) is 17.2 Å². The van der Waals surface area contributed by atoms with Crippen molar-refractivity contribution in [2.45, 2.75) is 26.2 Å². The van der Waals surface area contributed by atoms with Gasteiger partial charge in [-0.15, -0.1) is 0 Å². The van der Waals surface area contributed by atoms with Crippen molar-refractivity contribution in [2.24, 2.45) is 0 Å². The predicted molar refractivity (Wildman–Crippen MR) is 89.5 cm³/mol. The van der Waals surface area contributed by atoms with Gasteiger partial charge < -0.3 is 10.6 Å². The van der Waals surface area contributed by atoms with E-state index in [-0.39, 0.29) is 6.07 Å². The number of nitrogens with one attached hydrogen (secondary N) is 2. The molecule has 1 amide bonds. The molecule has 146 valence electrons. The molecule has 9 heteroatoms. The summed E-state index contributed by atoms with van der Waals surface area (Å²) in [4.78, 5) is 12.0. The van der Waals surface area contributed by atoms with E-state index in [0.717, 1.165) is 11.1 Å². The van der Waals surface area contributed by atoms with Gasteiger partial charge in [0.25, 0.3) is 0 Å². The van der Waals surface area contributed by atoms with Gasteiger partial charge in [0.05, 0.1) is 17.7 Å². The van der Waals surface area contributed by atoms with Crippen LogP contribution < -0.4 is 10.6 Å². The van der Waals surface area contributed by atoms with Gasteiger partial charge in [0, 0.05) is 11.4 Å². The molecule has 27 heavy (non-hydrogen) atoms. The highest BCUT2D eigenvalue weighted by Gasteiger charge is 2.36. The first kappa shape index (κ1) is 20.6. The number of hydrogen-bond donors (Lipinski definition) is 2. The summed E-state index contributed by atoms with van der Waals surface area (Å²) in [6.07, 6.45) is -9.89. The van der Waals surface area contributed by atoms with Gasteiger partial charge in [-0.05, 0) is 43.2 Å². The molecule has 2 N–H and O–H groups in total. The van der Waals surface area contributed by atoms with E-state index in [0.29, 0.717) is 17.8 Å². The van der Waals surface area contributed by atoms with Gasteiger partial charge in [0.1, 0.15) is 0 Å². The zero-order chi connectivity index (χ0) is 20.4. The van der Waals surface area contributed by atoms with Crippen LogP contribution in [0.2, 0.25) is 0 Å². The Kier molecular flexibility index (Phi) is 5.72. The van der Waals surface area contributed by atoms with Crippen LogP contribution in [0.4, 0.5) is 37.7 Å². The van der Waals surface area contributed by atoms with E-state index >= 15 is 0 Å². The van der Waals surface area contributed by atoms with Crippen LogP contribution >= 0.6 is 0 Å². The quantitative estimate of drug-likeness (QED) is 0.687. The summed E-state index contributed by atoms with van der Waals surface area (Å²) < 4.78 is 77.0. The molecule has 0 atom stereocenters. The second-order valence-corrected chi connectivity index (χ2v) is 5.96. The minimum Gasteiger partial charge on any atom is -0.376 e. The molecule has 0 aliphatic carbocycles. The number of rotatable bonds is 4. The molecule has 3 nitrogen and oxygen atoms in total. The van der Waals surface area contributed by atoms with Crippen LogP contribution in [-0.4, -0.2) is 12.5 Å². The monoisotopic (exact) mass is 390 g/mol. The number of aryl methyl sites for hydroxylation is 2. The summed E-state index contributed by atoms with van der Waals surface area (Å²) >= 11 is 0. The first-order chi connectivity index (χ1) is 12.4. The minimum atomic E-state index is -4.95. The zero-order valence-corrected chi connectivity index (χ0v) is 14.3. The van der Waals surface area contributed by atoms with E-state index in [1.807, 2.05) is 0 Å². The number of hydrogen-bond acceptors (Lipinski definition) is 2. The Hall–Kier alpha value is -2.71. The highest BCUT2D eigenvalue weighted by Crippen LogP contribution is 2.37. The number of para-hydroxylation sites is 1. The molecule has 0 heterocycles. The maximum Gasteiger partial charge on any atom is 0.416 e. The van der Waals surface area contributed by atoms with Gasteiger partial charge in [0.2, 0.25) is 5.91 Å². The SMILES string of the molecule is Cc1cccc(C)c1NC(=O)CNc1cc(C(F)(F)F)cc(C(F)(F)F)c1. The predicted octanol–water partition coefficient (Wildman–Crippen LogP) is 5.39. The van der Waals surface area contributed by atoms with Crippen LogP contribution in [0.3, 0.4) is 0 Å². The first-order valence-corrected chi connectivity index (χ1v) is 7.77. The molecule has 0 spiro atoms. The normalized spacial score (nSPS) is 12.0.